The average molecular weight is 358 g/mol. The molecule has 0 radical (unpaired) electrons. The van der Waals surface area contributed by atoms with E-state index in [0.717, 1.165) is 44.9 Å². The van der Waals surface area contributed by atoms with Gasteiger partial charge in [-0.25, -0.2) is 4.68 Å². The molecule has 7 heteroatoms. The lowest BCUT2D eigenvalue weighted by Gasteiger charge is -2.34. The van der Waals surface area contributed by atoms with Crippen molar-refractivity contribution >= 4 is 0 Å². The number of nitrogens with one attached hydrogen (secondary N) is 2. The molecule has 7 nitrogen and oxygen atoms in total. The number of tetrazole rings is 1. The third-order valence-corrected chi connectivity index (χ3v) is 5.86. The fourth-order valence-electron chi connectivity index (χ4n) is 4.31. The molecule has 1 aromatic carbocycles. The molecule has 0 aliphatic carbocycles. The lowest BCUT2D eigenvalue weighted by Crippen LogP contribution is -3.28. The minimum Gasteiger partial charge on any atom is -0.376 e. The van der Waals surface area contributed by atoms with Crippen LogP contribution in [0.5, 0.6) is 0 Å². The summed E-state index contributed by atoms with van der Waals surface area (Å²) in [5.41, 5.74) is 1.30. The molecular formula is C19H30N6O+2. The highest BCUT2D eigenvalue weighted by Gasteiger charge is 2.35. The molecule has 3 heterocycles. The predicted octanol–water partition coefficient (Wildman–Crippen LogP) is -1.26. The summed E-state index contributed by atoms with van der Waals surface area (Å²) in [4.78, 5) is 3.26. The van der Waals surface area contributed by atoms with Gasteiger partial charge in [-0.05, 0) is 30.2 Å². The first-order valence-corrected chi connectivity index (χ1v) is 9.96. The molecule has 2 fully saturated rings. The quantitative estimate of drug-likeness (QED) is 0.677. The van der Waals surface area contributed by atoms with Gasteiger partial charge in [0.25, 0.3) is 0 Å². The van der Waals surface area contributed by atoms with Crippen LogP contribution in [-0.4, -0.2) is 65.6 Å². The van der Waals surface area contributed by atoms with Crippen LogP contribution in [0.15, 0.2) is 30.3 Å². The van der Waals surface area contributed by atoms with E-state index in [2.05, 4.69) is 52.8 Å². The van der Waals surface area contributed by atoms with Gasteiger partial charge in [0.2, 0.25) is 5.82 Å². The number of quaternary nitrogens is 2. The molecule has 1 aromatic heterocycles. The minimum absolute atomic E-state index is 0.186. The van der Waals surface area contributed by atoms with E-state index in [1.807, 2.05) is 4.68 Å². The third kappa shape index (κ3) is 3.79. The Labute approximate surface area is 154 Å². The van der Waals surface area contributed by atoms with Gasteiger partial charge in [0.15, 0.2) is 6.04 Å². The Bertz CT molecular complexity index is 676. The average Bonchev–Trinajstić information content (AvgIpc) is 3.37. The summed E-state index contributed by atoms with van der Waals surface area (Å²) < 4.78 is 7.80. The fraction of sp³-hybridized carbons (Fsp3) is 0.632. The molecule has 2 N–H and O–H groups in total. The maximum atomic E-state index is 5.81. The van der Waals surface area contributed by atoms with Gasteiger partial charge < -0.3 is 14.5 Å². The second-order valence-corrected chi connectivity index (χ2v) is 7.46. The number of likely N-dealkylation sites (N-methyl/N-ethyl adjacent to an activating group) is 1. The summed E-state index contributed by atoms with van der Waals surface area (Å²) in [5.74, 6) is 0.974. The van der Waals surface area contributed by atoms with Crippen molar-refractivity contribution in [3.8, 4) is 0 Å². The van der Waals surface area contributed by atoms with E-state index in [0.29, 0.717) is 0 Å². The van der Waals surface area contributed by atoms with Gasteiger partial charge in [0, 0.05) is 12.2 Å². The molecule has 140 valence electrons. The van der Waals surface area contributed by atoms with Crippen molar-refractivity contribution < 1.29 is 14.5 Å². The van der Waals surface area contributed by atoms with Crippen LogP contribution in [0.4, 0.5) is 0 Å². The van der Waals surface area contributed by atoms with Crippen LogP contribution in [-0.2, 0) is 11.3 Å². The third-order valence-electron chi connectivity index (χ3n) is 5.86. The number of nitrogens with zero attached hydrogens (tertiary/aromatic N) is 4. The van der Waals surface area contributed by atoms with Crippen LogP contribution in [0, 0.1) is 0 Å². The van der Waals surface area contributed by atoms with Crippen LogP contribution < -0.4 is 9.80 Å². The number of hydrogen-bond acceptors (Lipinski definition) is 4. The predicted molar refractivity (Wildman–Crippen MR) is 97.0 cm³/mol. The van der Waals surface area contributed by atoms with Crippen LogP contribution in [0.2, 0.25) is 0 Å². The molecule has 2 atom stereocenters. The standard InChI is InChI=1S/C19H28N6O/c1-2-23-10-12-24(13-11-23)18(16-7-4-3-5-8-16)19-20-21-22-25(19)15-17-9-6-14-26-17/h3-5,7-8,17-18H,2,6,9-15H2,1H3/p+2/t17-,18+/m0/s1. The van der Waals surface area contributed by atoms with Crippen LogP contribution in [0.1, 0.15) is 37.2 Å². The maximum absolute atomic E-state index is 5.81. The molecule has 0 amide bonds. The number of aromatic nitrogens is 4. The van der Waals surface area contributed by atoms with Crippen molar-refractivity contribution in [2.24, 2.45) is 0 Å². The first kappa shape index (κ1) is 17.6. The molecular weight excluding hydrogens is 328 g/mol. The lowest BCUT2D eigenvalue weighted by molar-refractivity contribution is -1.02. The number of ether oxygens (including phenoxy) is 1. The summed E-state index contributed by atoms with van der Waals surface area (Å²) in [6.45, 7) is 9.82. The van der Waals surface area contributed by atoms with Crippen molar-refractivity contribution in [2.45, 2.75) is 38.5 Å². The Hall–Kier alpha value is -1.83. The van der Waals surface area contributed by atoms with Gasteiger partial charge in [-0.15, -0.1) is 5.10 Å². The van der Waals surface area contributed by atoms with Crippen LogP contribution in [0.25, 0.3) is 0 Å². The molecule has 2 aliphatic heterocycles. The topological polar surface area (TPSA) is 61.7 Å². The van der Waals surface area contributed by atoms with Gasteiger partial charge in [-0.2, -0.15) is 0 Å². The normalized spacial score (nSPS) is 27.5. The maximum Gasteiger partial charge on any atom is 0.214 e. The molecule has 26 heavy (non-hydrogen) atoms. The largest absolute Gasteiger partial charge is 0.376 e. The van der Waals surface area contributed by atoms with E-state index in [4.69, 9.17) is 4.74 Å². The first-order valence-electron chi connectivity index (χ1n) is 9.96. The lowest BCUT2D eigenvalue weighted by atomic mass is 10.0. The Balaban J connectivity index is 1.60. The van der Waals surface area contributed by atoms with Crippen molar-refractivity contribution in [1.29, 1.82) is 0 Å². The van der Waals surface area contributed by atoms with Crippen molar-refractivity contribution in [2.75, 3.05) is 39.3 Å². The zero-order valence-corrected chi connectivity index (χ0v) is 15.6. The molecule has 0 saturated carbocycles. The monoisotopic (exact) mass is 358 g/mol. The van der Waals surface area contributed by atoms with Gasteiger partial charge in [-0.3, -0.25) is 0 Å². The van der Waals surface area contributed by atoms with E-state index in [-0.39, 0.29) is 12.1 Å². The summed E-state index contributed by atoms with van der Waals surface area (Å²) in [6.07, 6.45) is 2.47. The van der Waals surface area contributed by atoms with Crippen LogP contribution >= 0.6 is 0 Å². The number of rotatable bonds is 6. The number of hydrogen-bond donors (Lipinski definition) is 2. The SMILES string of the molecule is CC[NH+]1CC[NH+]([C@H](c2ccccc2)c2nnnn2C[C@@H]2CCCO2)CC1. The fourth-order valence-corrected chi connectivity index (χ4v) is 4.31. The van der Waals surface area contributed by atoms with Gasteiger partial charge in [0.1, 0.15) is 26.2 Å². The van der Waals surface area contributed by atoms with Gasteiger partial charge >= 0.3 is 0 Å². The summed E-state index contributed by atoms with van der Waals surface area (Å²) in [7, 11) is 0. The van der Waals surface area contributed by atoms with E-state index in [1.54, 1.807) is 9.80 Å². The highest BCUT2D eigenvalue weighted by Crippen LogP contribution is 2.19. The molecule has 2 aromatic rings. The second kappa shape index (κ2) is 8.24. The molecule has 0 unspecified atom stereocenters. The molecule has 0 bridgehead atoms. The Morgan fingerprint density at radius 2 is 2.00 bits per heavy atom. The Morgan fingerprint density at radius 3 is 2.69 bits per heavy atom. The Kier molecular flexibility index (Phi) is 5.57. The van der Waals surface area contributed by atoms with E-state index in [9.17, 15) is 0 Å². The molecule has 2 saturated heterocycles. The summed E-state index contributed by atoms with van der Waals surface area (Å²) >= 11 is 0. The highest BCUT2D eigenvalue weighted by molar-refractivity contribution is 5.22. The van der Waals surface area contributed by atoms with E-state index < -0.39 is 0 Å². The Morgan fingerprint density at radius 1 is 1.19 bits per heavy atom. The molecule has 0 spiro atoms. The van der Waals surface area contributed by atoms with Crippen LogP contribution in [0.3, 0.4) is 0 Å². The molecule has 2 aliphatic rings. The zero-order valence-electron chi connectivity index (χ0n) is 15.6. The summed E-state index contributed by atoms with van der Waals surface area (Å²) in [6, 6.07) is 10.9. The van der Waals surface area contributed by atoms with Crippen molar-refractivity contribution in [3.63, 3.8) is 0 Å². The number of piperazine rings is 1. The zero-order chi connectivity index (χ0) is 17.8. The number of benzene rings is 1. The van der Waals surface area contributed by atoms with Gasteiger partial charge in [-0.1, -0.05) is 30.3 Å². The second-order valence-electron chi connectivity index (χ2n) is 7.46. The van der Waals surface area contributed by atoms with Crippen molar-refractivity contribution in [1.82, 2.24) is 20.2 Å². The van der Waals surface area contributed by atoms with E-state index >= 15 is 0 Å². The van der Waals surface area contributed by atoms with Gasteiger partial charge in [0.05, 0.1) is 19.2 Å². The van der Waals surface area contributed by atoms with Crippen molar-refractivity contribution in [3.05, 3.63) is 41.7 Å². The smallest absolute Gasteiger partial charge is 0.214 e. The van der Waals surface area contributed by atoms with E-state index in [1.165, 1.54) is 25.2 Å². The molecule has 4 rings (SSSR count). The minimum atomic E-state index is 0.186. The highest BCUT2D eigenvalue weighted by atomic mass is 16.5. The first-order chi connectivity index (χ1) is 12.8. The summed E-state index contributed by atoms with van der Waals surface area (Å²) in [5, 5.41) is 12.8.